The molecule has 7 heteroatoms. The van der Waals surface area contributed by atoms with Gasteiger partial charge >= 0.3 is 0 Å². The summed E-state index contributed by atoms with van der Waals surface area (Å²) in [6.45, 7) is 5.94. The number of aromatic nitrogens is 2. The van der Waals surface area contributed by atoms with E-state index >= 15 is 0 Å². The molecular formula is C23H25N3O3S. The van der Waals surface area contributed by atoms with E-state index in [0.717, 1.165) is 22.5 Å². The average molecular weight is 424 g/mol. The summed E-state index contributed by atoms with van der Waals surface area (Å²) in [6.07, 6.45) is 0. The van der Waals surface area contributed by atoms with Crippen LogP contribution in [0.1, 0.15) is 34.6 Å². The lowest BCUT2D eigenvalue weighted by Gasteiger charge is -2.21. The van der Waals surface area contributed by atoms with Crippen LogP contribution in [0, 0.1) is 13.8 Å². The summed E-state index contributed by atoms with van der Waals surface area (Å²) in [7, 11) is 3.26. The van der Waals surface area contributed by atoms with E-state index in [1.807, 2.05) is 67.9 Å². The molecule has 1 N–H and O–H groups in total. The second-order valence-corrected chi connectivity index (χ2v) is 8.78. The summed E-state index contributed by atoms with van der Waals surface area (Å²) in [6, 6.07) is 13.9. The molecule has 30 heavy (non-hydrogen) atoms. The van der Waals surface area contributed by atoms with Crippen LogP contribution in [0.4, 0.5) is 5.82 Å². The predicted molar refractivity (Wildman–Crippen MR) is 120 cm³/mol. The van der Waals surface area contributed by atoms with Crippen molar-refractivity contribution in [2.24, 2.45) is 0 Å². The number of methoxy groups -OCH3 is 2. The monoisotopic (exact) mass is 423 g/mol. The number of carbonyl (C=O) groups is 1. The van der Waals surface area contributed by atoms with Gasteiger partial charge in [-0.05, 0) is 39.0 Å². The normalized spacial score (nSPS) is 18.4. The number of fused-ring (bicyclic) bond motifs is 1. The standard InChI is InChI=1S/C23H25N3O3S/c1-13-9-11-16(12-10-13)26-22-19(14(2)25-26)21(30-15(3)23(27)24-22)17-7-6-8-18(28-4)20(17)29-5/h6-12,15,21H,1-5H3,(H,24,27)/t15-,21-/m1/s1. The van der Waals surface area contributed by atoms with Crippen molar-refractivity contribution in [3.8, 4) is 17.2 Å². The molecule has 0 spiro atoms. The van der Waals surface area contributed by atoms with Crippen LogP contribution in [0.25, 0.3) is 5.69 Å². The number of anilines is 1. The number of rotatable bonds is 4. The Labute approximate surface area is 180 Å². The molecule has 1 aliphatic heterocycles. The Morgan fingerprint density at radius 2 is 1.80 bits per heavy atom. The molecule has 6 nitrogen and oxygen atoms in total. The minimum atomic E-state index is -0.246. The molecule has 1 aromatic heterocycles. The highest BCUT2D eigenvalue weighted by Crippen LogP contribution is 2.50. The van der Waals surface area contributed by atoms with Gasteiger partial charge in [0.25, 0.3) is 0 Å². The van der Waals surface area contributed by atoms with E-state index in [1.165, 1.54) is 5.56 Å². The lowest BCUT2D eigenvalue weighted by molar-refractivity contribution is -0.115. The van der Waals surface area contributed by atoms with Gasteiger partial charge in [-0.3, -0.25) is 4.79 Å². The SMILES string of the molecule is COc1cccc([C@H]2S[C@H](C)C(=O)Nc3c2c(C)nn3-c2ccc(C)cc2)c1OC. The van der Waals surface area contributed by atoms with Crippen molar-refractivity contribution in [1.82, 2.24) is 9.78 Å². The topological polar surface area (TPSA) is 65.4 Å². The van der Waals surface area contributed by atoms with Crippen LogP contribution < -0.4 is 14.8 Å². The van der Waals surface area contributed by atoms with Gasteiger partial charge < -0.3 is 14.8 Å². The fourth-order valence-corrected chi connectivity index (χ4v) is 5.09. The molecule has 0 bridgehead atoms. The van der Waals surface area contributed by atoms with Gasteiger partial charge in [0.15, 0.2) is 11.5 Å². The van der Waals surface area contributed by atoms with Crippen LogP contribution in [0.2, 0.25) is 0 Å². The van der Waals surface area contributed by atoms with E-state index in [4.69, 9.17) is 14.6 Å². The minimum absolute atomic E-state index is 0.0427. The van der Waals surface area contributed by atoms with E-state index in [0.29, 0.717) is 17.3 Å². The number of hydrogen-bond acceptors (Lipinski definition) is 5. The molecule has 0 radical (unpaired) electrons. The Bertz CT molecular complexity index is 1090. The largest absolute Gasteiger partial charge is 0.493 e. The lowest BCUT2D eigenvalue weighted by atomic mass is 10.0. The first-order chi connectivity index (χ1) is 14.4. The van der Waals surface area contributed by atoms with Crippen molar-refractivity contribution in [2.45, 2.75) is 31.3 Å². The van der Waals surface area contributed by atoms with Crippen LogP contribution in [0.5, 0.6) is 11.5 Å². The molecule has 2 aromatic carbocycles. The Balaban J connectivity index is 1.94. The Kier molecular flexibility index (Phi) is 5.47. The van der Waals surface area contributed by atoms with Gasteiger partial charge in [-0.2, -0.15) is 5.10 Å². The molecule has 0 aliphatic carbocycles. The number of hydrogen-bond donors (Lipinski definition) is 1. The number of benzene rings is 2. The van der Waals surface area contributed by atoms with Crippen molar-refractivity contribution in [2.75, 3.05) is 19.5 Å². The quantitative estimate of drug-likeness (QED) is 0.661. The molecule has 1 amide bonds. The molecule has 0 unspecified atom stereocenters. The fourth-order valence-electron chi connectivity index (χ4n) is 3.75. The second-order valence-electron chi connectivity index (χ2n) is 7.33. The lowest BCUT2D eigenvalue weighted by Crippen LogP contribution is -2.22. The zero-order chi connectivity index (χ0) is 21.4. The van der Waals surface area contributed by atoms with Crippen LogP contribution in [-0.4, -0.2) is 35.2 Å². The van der Waals surface area contributed by atoms with Gasteiger partial charge in [0.2, 0.25) is 5.91 Å². The van der Waals surface area contributed by atoms with Gasteiger partial charge in [-0.25, -0.2) is 4.68 Å². The van der Waals surface area contributed by atoms with Gasteiger partial charge in [0.05, 0.1) is 36.1 Å². The summed E-state index contributed by atoms with van der Waals surface area (Å²) >= 11 is 1.58. The van der Waals surface area contributed by atoms with Gasteiger partial charge in [-0.15, -0.1) is 11.8 Å². The number of nitrogens with zero attached hydrogens (tertiary/aromatic N) is 2. The minimum Gasteiger partial charge on any atom is -0.493 e. The zero-order valence-corrected chi connectivity index (χ0v) is 18.5. The summed E-state index contributed by atoms with van der Waals surface area (Å²) in [4.78, 5) is 12.8. The summed E-state index contributed by atoms with van der Waals surface area (Å²) in [5, 5.41) is 7.51. The van der Waals surface area contributed by atoms with Crippen LogP contribution in [0.15, 0.2) is 42.5 Å². The molecule has 1 aliphatic rings. The molecular weight excluding hydrogens is 398 g/mol. The molecule has 0 fully saturated rings. The van der Waals surface area contributed by atoms with E-state index < -0.39 is 0 Å². The van der Waals surface area contributed by atoms with E-state index in [9.17, 15) is 4.79 Å². The number of ether oxygens (including phenoxy) is 2. The number of amides is 1. The van der Waals surface area contributed by atoms with Crippen molar-refractivity contribution in [1.29, 1.82) is 0 Å². The Morgan fingerprint density at radius 1 is 1.07 bits per heavy atom. The van der Waals surface area contributed by atoms with Crippen LogP contribution in [-0.2, 0) is 4.79 Å². The van der Waals surface area contributed by atoms with E-state index in [-0.39, 0.29) is 16.4 Å². The van der Waals surface area contributed by atoms with E-state index in [1.54, 1.807) is 26.0 Å². The number of nitrogens with one attached hydrogen (secondary N) is 1. The summed E-state index contributed by atoms with van der Waals surface area (Å²) in [5.74, 6) is 2.00. The summed E-state index contributed by atoms with van der Waals surface area (Å²) < 4.78 is 13.0. The van der Waals surface area contributed by atoms with Gasteiger partial charge in [-0.1, -0.05) is 29.8 Å². The Hall–Kier alpha value is -2.93. The fraction of sp³-hybridized carbons (Fsp3) is 0.304. The van der Waals surface area contributed by atoms with Crippen molar-refractivity contribution in [3.05, 3.63) is 64.8 Å². The maximum absolute atomic E-state index is 12.8. The molecule has 0 saturated heterocycles. The number of aryl methyl sites for hydroxylation is 2. The van der Waals surface area contributed by atoms with Gasteiger partial charge in [0.1, 0.15) is 5.82 Å². The van der Waals surface area contributed by atoms with Gasteiger partial charge in [0, 0.05) is 11.1 Å². The molecule has 2 heterocycles. The predicted octanol–water partition coefficient (Wildman–Crippen LogP) is 4.67. The first kappa shape index (κ1) is 20.3. The molecule has 3 aromatic rings. The third kappa shape index (κ3) is 3.43. The third-order valence-corrected chi connectivity index (χ3v) is 6.70. The first-order valence-corrected chi connectivity index (χ1v) is 10.7. The number of para-hydroxylation sites is 1. The van der Waals surface area contributed by atoms with Crippen molar-refractivity contribution in [3.63, 3.8) is 0 Å². The molecule has 2 atom stereocenters. The zero-order valence-electron chi connectivity index (χ0n) is 17.7. The van der Waals surface area contributed by atoms with E-state index in [2.05, 4.69) is 5.32 Å². The van der Waals surface area contributed by atoms with Crippen LogP contribution in [0.3, 0.4) is 0 Å². The number of carbonyl (C=O) groups excluding carboxylic acids is 1. The van der Waals surface area contributed by atoms with Crippen molar-refractivity contribution < 1.29 is 14.3 Å². The third-order valence-electron chi connectivity index (χ3n) is 5.31. The highest BCUT2D eigenvalue weighted by Gasteiger charge is 2.35. The number of thioether (sulfide) groups is 1. The molecule has 156 valence electrons. The maximum atomic E-state index is 12.8. The smallest absolute Gasteiger partial charge is 0.238 e. The summed E-state index contributed by atoms with van der Waals surface area (Å²) in [5.41, 5.74) is 4.87. The first-order valence-electron chi connectivity index (χ1n) is 9.78. The maximum Gasteiger partial charge on any atom is 0.238 e. The highest BCUT2D eigenvalue weighted by molar-refractivity contribution is 8.01. The van der Waals surface area contributed by atoms with Crippen molar-refractivity contribution >= 4 is 23.5 Å². The Morgan fingerprint density at radius 3 is 2.47 bits per heavy atom. The average Bonchev–Trinajstić information content (AvgIpc) is 2.99. The second kappa shape index (κ2) is 8.07. The van der Waals surface area contributed by atoms with Crippen LogP contribution >= 0.6 is 11.8 Å². The highest BCUT2D eigenvalue weighted by atomic mass is 32.2. The molecule has 4 rings (SSSR count). The molecule has 0 saturated carbocycles.